The molecule has 0 spiro atoms. The zero-order valence-corrected chi connectivity index (χ0v) is 29.4. The zero-order valence-electron chi connectivity index (χ0n) is 19.9. The molecule has 35 heavy (non-hydrogen) atoms. The Bertz CT molecular complexity index is 629. The third-order valence-electron chi connectivity index (χ3n) is 5.12. The number of ether oxygens (including phenoxy) is 2. The van der Waals surface area contributed by atoms with E-state index in [0.717, 1.165) is 30.8 Å². The summed E-state index contributed by atoms with van der Waals surface area (Å²) in [5, 5.41) is 12.1. The number of amides is 4. The van der Waals surface area contributed by atoms with Crippen LogP contribution < -0.4 is 21.3 Å². The summed E-state index contributed by atoms with van der Waals surface area (Å²) in [5.41, 5.74) is 0. The molecule has 2 aliphatic rings. The summed E-state index contributed by atoms with van der Waals surface area (Å²) in [5.74, 6) is 1.89. The van der Waals surface area contributed by atoms with Crippen molar-refractivity contribution < 1.29 is 28.8 Å². The number of rotatable bonds is 17. The van der Waals surface area contributed by atoms with E-state index in [4.69, 9.17) is 9.47 Å². The van der Waals surface area contributed by atoms with Crippen molar-refractivity contribution in [1.82, 2.24) is 21.3 Å². The molecule has 4 N–H and O–H groups in total. The second kappa shape index (κ2) is 22.4. The number of nitrogens with one attached hydrogen (secondary N) is 4. The van der Waals surface area contributed by atoms with E-state index < -0.39 is 0 Å². The Hall–Kier alpha value is 1.60. The Balaban J connectivity index is 0.00000142. The van der Waals surface area contributed by atoms with Gasteiger partial charge in [0.1, 0.15) is 0 Å². The summed E-state index contributed by atoms with van der Waals surface area (Å²) in [6, 6.07) is 0.433. The van der Waals surface area contributed by atoms with Crippen LogP contribution in [0.15, 0.2) is 0 Å². The number of halogens is 3. The number of carbonyl (C=O) groups excluding carboxylic acids is 3. The van der Waals surface area contributed by atoms with Crippen molar-refractivity contribution >= 4 is 101 Å². The maximum absolute atomic E-state index is 11.9. The normalized spacial score (nSPS) is 20.5. The topological polar surface area (TPSA) is 118 Å². The summed E-state index contributed by atoms with van der Waals surface area (Å²) >= 11 is 10.9. The Morgan fingerprint density at radius 2 is 1.63 bits per heavy atom. The molecule has 0 saturated carbocycles. The van der Waals surface area contributed by atoms with Crippen molar-refractivity contribution in [2.45, 2.75) is 49.4 Å². The van der Waals surface area contributed by atoms with E-state index >= 15 is 0 Å². The summed E-state index contributed by atoms with van der Waals surface area (Å²) in [7, 11) is 0. The van der Waals surface area contributed by atoms with E-state index in [1.165, 1.54) is 0 Å². The van der Waals surface area contributed by atoms with Gasteiger partial charge in [-0.1, -0.05) is 6.42 Å². The molecule has 2 aliphatic heterocycles. The molecule has 204 valence electrons. The monoisotopic (exact) mass is 908 g/mol. The molecule has 0 radical (unpaired) electrons. The van der Waals surface area contributed by atoms with Gasteiger partial charge in [-0.05, 0) is 19.1 Å². The number of urea groups is 1. The predicted octanol–water partition coefficient (Wildman–Crippen LogP) is 3.39. The molecule has 9 nitrogen and oxygen atoms in total. The van der Waals surface area contributed by atoms with Gasteiger partial charge < -0.3 is 30.7 Å². The Morgan fingerprint density at radius 3 is 2.23 bits per heavy atom. The van der Waals surface area contributed by atoms with Crippen LogP contribution in [0.1, 0.15) is 32.1 Å². The fraction of sp³-hybridized carbons (Fsp3) is 0.850. The van der Waals surface area contributed by atoms with Gasteiger partial charge in [-0.25, -0.2) is 4.79 Å². The van der Waals surface area contributed by atoms with Gasteiger partial charge in [-0.3, -0.25) is 9.59 Å². The van der Waals surface area contributed by atoms with Crippen LogP contribution in [0, 0.1) is 0 Å². The third-order valence-corrected chi connectivity index (χ3v) is 7.24. The van der Waals surface area contributed by atoms with Gasteiger partial charge in [0.15, 0.2) is 0 Å². The second-order valence-corrected chi connectivity index (χ2v) is 45.4. The van der Waals surface area contributed by atoms with Crippen molar-refractivity contribution in [3.63, 3.8) is 0 Å². The van der Waals surface area contributed by atoms with E-state index in [1.54, 1.807) is 11.8 Å². The third kappa shape index (κ3) is 18.5. The van der Waals surface area contributed by atoms with E-state index in [-0.39, 0.29) is 34.8 Å². The first-order valence-corrected chi connectivity index (χ1v) is 27.4. The first-order chi connectivity index (χ1) is 16.8. The molecular formula is C20H36I3N4O5S2V. The molecular weight excluding hydrogens is 872 g/mol. The molecule has 3 atom stereocenters. The van der Waals surface area contributed by atoms with Crippen molar-refractivity contribution in [2.75, 3.05) is 57.3 Å². The van der Waals surface area contributed by atoms with E-state index in [0.29, 0.717) is 57.6 Å². The van der Waals surface area contributed by atoms with Crippen molar-refractivity contribution in [3.05, 3.63) is 0 Å². The van der Waals surface area contributed by atoms with Crippen LogP contribution in [0.25, 0.3) is 0 Å². The van der Waals surface area contributed by atoms with E-state index in [1.807, 2.05) is 18.0 Å². The van der Waals surface area contributed by atoms with Gasteiger partial charge in [0.25, 0.3) is 0 Å². The van der Waals surface area contributed by atoms with Crippen molar-refractivity contribution in [2.24, 2.45) is 0 Å². The molecule has 3 unspecified atom stereocenters. The molecule has 0 aromatic rings. The Labute approximate surface area is 255 Å². The average molecular weight is 908 g/mol. The molecule has 15 heteroatoms. The zero-order chi connectivity index (χ0) is 25.9. The fourth-order valence-corrected chi connectivity index (χ4v) is 5.43. The first-order valence-electron chi connectivity index (χ1n) is 11.5. The summed E-state index contributed by atoms with van der Waals surface area (Å²) in [4.78, 5) is 34.4. The number of carbonyl (C=O) groups is 3. The van der Waals surface area contributed by atoms with Gasteiger partial charge in [0, 0.05) is 42.7 Å². The van der Waals surface area contributed by atoms with Crippen LogP contribution in [-0.4, -0.2) is 92.5 Å². The minimum atomic E-state index is -0.278. The Morgan fingerprint density at radius 1 is 1.03 bits per heavy atom. The SMILES string of the molecule is CSCCC(=O)NCCOCCOCCNC(=O)CCCCC1SCC2NC(=O)NC21.[I][V]([I])[I]. The average Bonchev–Trinajstić information content (AvgIpc) is 3.35. The number of thioether (sulfide) groups is 2. The molecule has 0 aromatic heterocycles. The van der Waals surface area contributed by atoms with Gasteiger partial charge in [0.2, 0.25) is 11.8 Å². The maximum atomic E-state index is 11.9. The van der Waals surface area contributed by atoms with Crippen LogP contribution in [0.3, 0.4) is 0 Å². The second-order valence-electron chi connectivity index (χ2n) is 7.73. The van der Waals surface area contributed by atoms with E-state index in [2.05, 4.69) is 81.2 Å². The molecule has 4 amide bonds. The van der Waals surface area contributed by atoms with Crippen molar-refractivity contribution in [1.29, 1.82) is 0 Å². The summed E-state index contributed by atoms with van der Waals surface area (Å²) < 4.78 is 10.8. The minimum absolute atomic E-state index is 0.0462. The van der Waals surface area contributed by atoms with Crippen molar-refractivity contribution in [3.8, 4) is 0 Å². The van der Waals surface area contributed by atoms with Crippen LogP contribution in [-0.2, 0) is 24.0 Å². The molecule has 0 bridgehead atoms. The van der Waals surface area contributed by atoms with Crippen LogP contribution >= 0.6 is 83.5 Å². The molecule has 2 heterocycles. The molecule has 2 saturated heterocycles. The first kappa shape index (κ1) is 34.6. The van der Waals surface area contributed by atoms with Crippen LogP contribution in [0.2, 0.25) is 0 Å². The molecule has 2 rings (SSSR count). The summed E-state index contributed by atoms with van der Waals surface area (Å²) in [6.07, 6.45) is 5.88. The van der Waals surface area contributed by atoms with Crippen LogP contribution in [0.5, 0.6) is 0 Å². The predicted molar refractivity (Wildman–Crippen MR) is 167 cm³/mol. The Kier molecular flexibility index (Phi) is 22.2. The number of unbranched alkanes of at least 4 members (excludes halogenated alkanes) is 1. The number of hydrogen-bond donors (Lipinski definition) is 4. The van der Waals surface area contributed by atoms with Gasteiger partial charge in [-0.15, -0.1) is 0 Å². The molecule has 0 aromatic carbocycles. The van der Waals surface area contributed by atoms with Crippen LogP contribution in [0.4, 0.5) is 4.79 Å². The number of hydrogen-bond acceptors (Lipinski definition) is 7. The molecule has 0 aliphatic carbocycles. The number of fused-ring (bicyclic) bond motifs is 1. The fourth-order valence-electron chi connectivity index (χ4n) is 3.49. The summed E-state index contributed by atoms with van der Waals surface area (Å²) in [6.45, 7) is 2.85. The van der Waals surface area contributed by atoms with Gasteiger partial charge in [0.05, 0.1) is 38.5 Å². The van der Waals surface area contributed by atoms with Gasteiger partial charge in [-0.2, -0.15) is 23.5 Å². The van der Waals surface area contributed by atoms with Gasteiger partial charge >= 0.3 is 70.9 Å². The van der Waals surface area contributed by atoms with E-state index in [9.17, 15) is 14.4 Å². The standard InChI is InChI=1S/C20H36N4O5S2.3HI.V/c1-30-13-6-18(26)22-8-10-29-12-11-28-9-7-21-17(25)5-3-2-4-16-19-15(14-31-16)23-20(27)24-19;;;;/h15-16,19H,2-14H2,1H3,(H,21,25)(H,22,26)(H2,23,24,27);3*1H;/q;;;;+3/p-3. The molecule has 2 fully saturated rings. The quantitative estimate of drug-likeness (QED) is 0.101.